The van der Waals surface area contributed by atoms with Crippen LogP contribution in [0.15, 0.2) is 83.7 Å². The third-order valence-corrected chi connectivity index (χ3v) is 6.52. The fourth-order valence-corrected chi connectivity index (χ4v) is 4.68. The number of furan rings is 1. The average molecular weight is 491 g/mol. The number of aryl methyl sites for hydroxylation is 1. The molecular formula is C30H26N4O3. The van der Waals surface area contributed by atoms with Gasteiger partial charge in [0.05, 0.1) is 11.8 Å². The summed E-state index contributed by atoms with van der Waals surface area (Å²) in [5, 5.41) is 4.10. The number of carbonyl (C=O) groups excluding carboxylic acids is 1. The number of ether oxygens (including phenoxy) is 1. The molecule has 0 unspecified atom stereocenters. The molecule has 4 N–H and O–H groups in total. The monoisotopic (exact) mass is 490 g/mol. The first-order valence-electron chi connectivity index (χ1n) is 12.2. The predicted molar refractivity (Wildman–Crippen MR) is 145 cm³/mol. The zero-order valence-corrected chi connectivity index (χ0v) is 20.3. The molecule has 1 aliphatic rings. The minimum absolute atomic E-state index is 0.152. The van der Waals surface area contributed by atoms with E-state index in [2.05, 4.69) is 27.4 Å². The number of nitrogens with two attached hydrogens (primary N) is 1. The Morgan fingerprint density at radius 3 is 2.84 bits per heavy atom. The van der Waals surface area contributed by atoms with Crippen LogP contribution in [-0.4, -0.2) is 28.5 Å². The molecule has 1 aliphatic heterocycles. The van der Waals surface area contributed by atoms with Gasteiger partial charge in [-0.3, -0.25) is 9.78 Å². The van der Waals surface area contributed by atoms with Gasteiger partial charge in [0.2, 0.25) is 0 Å². The van der Waals surface area contributed by atoms with Gasteiger partial charge in [0.15, 0.2) is 0 Å². The number of para-hydroxylation sites is 1. The van der Waals surface area contributed by atoms with Crippen LogP contribution in [0.3, 0.4) is 0 Å². The van der Waals surface area contributed by atoms with Gasteiger partial charge < -0.3 is 25.2 Å². The summed E-state index contributed by atoms with van der Waals surface area (Å²) in [6, 6.07) is 19.5. The number of hydrogen-bond donors (Lipinski definition) is 3. The van der Waals surface area contributed by atoms with Gasteiger partial charge in [-0.1, -0.05) is 24.3 Å². The minimum Gasteiger partial charge on any atom is -0.490 e. The highest BCUT2D eigenvalue weighted by atomic mass is 16.5. The van der Waals surface area contributed by atoms with Crippen LogP contribution in [0.5, 0.6) is 5.75 Å². The Morgan fingerprint density at radius 1 is 1.08 bits per heavy atom. The maximum absolute atomic E-state index is 12.6. The lowest BCUT2D eigenvalue weighted by atomic mass is 10.00. The lowest BCUT2D eigenvalue weighted by molar-refractivity contribution is -0.110. The number of pyridine rings is 1. The Kier molecular flexibility index (Phi) is 5.82. The zero-order valence-electron chi connectivity index (χ0n) is 20.3. The standard InChI is InChI=1S/C30H26N4O3/c1-18-6-8-23(37-18)13-27-26-12-19(7-9-29(26)34-30(27)35)20-11-24(16-32-14-20)36-17-22(31)10-21-15-33-28-5-3-2-4-25(21)28/h2-9,11-16,22,33H,10,17,31H2,1H3,(H,34,35)/t22-/m1/s1. The summed E-state index contributed by atoms with van der Waals surface area (Å²) >= 11 is 0. The van der Waals surface area contributed by atoms with E-state index in [9.17, 15) is 4.79 Å². The minimum atomic E-state index is -0.169. The van der Waals surface area contributed by atoms with E-state index in [1.165, 1.54) is 10.9 Å². The van der Waals surface area contributed by atoms with Crippen LogP contribution in [0.1, 0.15) is 22.6 Å². The smallest absolute Gasteiger partial charge is 0.256 e. The van der Waals surface area contributed by atoms with Crippen molar-refractivity contribution in [1.82, 2.24) is 9.97 Å². The second-order valence-corrected chi connectivity index (χ2v) is 9.26. The lowest BCUT2D eigenvalue weighted by Gasteiger charge is -2.13. The maximum atomic E-state index is 12.6. The molecule has 0 radical (unpaired) electrons. The molecule has 1 amide bonds. The molecule has 0 fully saturated rings. The van der Waals surface area contributed by atoms with Crippen molar-refractivity contribution in [3.05, 3.63) is 102 Å². The quantitative estimate of drug-likeness (QED) is 0.259. The Balaban J connectivity index is 1.18. The molecule has 4 heterocycles. The normalized spacial score (nSPS) is 14.6. The van der Waals surface area contributed by atoms with Crippen molar-refractivity contribution >= 4 is 34.1 Å². The molecule has 0 bridgehead atoms. The fraction of sp³-hybridized carbons (Fsp3) is 0.133. The molecule has 0 saturated heterocycles. The number of aromatic nitrogens is 2. The highest BCUT2D eigenvalue weighted by Gasteiger charge is 2.25. The summed E-state index contributed by atoms with van der Waals surface area (Å²) in [4.78, 5) is 20.3. The number of nitrogens with one attached hydrogen (secondary N) is 2. The average Bonchev–Trinajstić information content (AvgIpc) is 3.60. The van der Waals surface area contributed by atoms with E-state index in [1.54, 1.807) is 18.5 Å². The number of amides is 1. The molecule has 7 heteroatoms. The first-order chi connectivity index (χ1) is 18.0. The molecule has 37 heavy (non-hydrogen) atoms. The van der Waals surface area contributed by atoms with E-state index in [4.69, 9.17) is 14.9 Å². The van der Waals surface area contributed by atoms with Crippen molar-refractivity contribution in [2.45, 2.75) is 19.4 Å². The van der Waals surface area contributed by atoms with Crippen molar-refractivity contribution in [3.63, 3.8) is 0 Å². The molecule has 6 rings (SSSR count). The van der Waals surface area contributed by atoms with Crippen LogP contribution >= 0.6 is 0 Å². The van der Waals surface area contributed by atoms with Crippen molar-refractivity contribution in [1.29, 1.82) is 0 Å². The number of fused-ring (bicyclic) bond motifs is 2. The maximum Gasteiger partial charge on any atom is 0.256 e. The van der Waals surface area contributed by atoms with E-state index >= 15 is 0 Å². The number of benzene rings is 2. The second kappa shape index (κ2) is 9.44. The molecule has 184 valence electrons. The number of anilines is 1. The third-order valence-electron chi connectivity index (χ3n) is 6.52. The topological polar surface area (TPSA) is 106 Å². The van der Waals surface area contributed by atoms with E-state index < -0.39 is 0 Å². The van der Waals surface area contributed by atoms with Gasteiger partial charge in [0, 0.05) is 46.2 Å². The first-order valence-corrected chi connectivity index (χ1v) is 12.2. The van der Waals surface area contributed by atoms with Gasteiger partial charge >= 0.3 is 0 Å². The van der Waals surface area contributed by atoms with Gasteiger partial charge in [-0.15, -0.1) is 0 Å². The van der Waals surface area contributed by atoms with Gasteiger partial charge in [0.1, 0.15) is 23.9 Å². The van der Waals surface area contributed by atoms with Crippen molar-refractivity contribution in [2.75, 3.05) is 11.9 Å². The summed E-state index contributed by atoms with van der Waals surface area (Å²) in [5.41, 5.74) is 12.6. The van der Waals surface area contributed by atoms with E-state index in [0.29, 0.717) is 30.1 Å². The molecule has 7 nitrogen and oxygen atoms in total. The van der Waals surface area contributed by atoms with Crippen LogP contribution < -0.4 is 15.8 Å². The van der Waals surface area contributed by atoms with E-state index in [0.717, 1.165) is 33.7 Å². The summed E-state index contributed by atoms with van der Waals surface area (Å²) in [6.07, 6.45) is 7.95. The van der Waals surface area contributed by atoms with E-state index in [1.807, 2.05) is 61.7 Å². The first kappa shape index (κ1) is 22.8. The third kappa shape index (κ3) is 4.64. The summed E-state index contributed by atoms with van der Waals surface area (Å²) in [7, 11) is 0. The number of rotatable bonds is 7. The van der Waals surface area contributed by atoms with Crippen LogP contribution in [0.2, 0.25) is 0 Å². The van der Waals surface area contributed by atoms with Gasteiger partial charge in [0.25, 0.3) is 5.91 Å². The molecule has 0 spiro atoms. The van der Waals surface area contributed by atoms with Crippen LogP contribution in [-0.2, 0) is 11.2 Å². The number of carbonyl (C=O) groups is 1. The van der Waals surface area contributed by atoms with Crippen LogP contribution in [0.4, 0.5) is 5.69 Å². The Labute approximate surface area is 214 Å². The molecule has 2 aromatic carbocycles. The van der Waals surface area contributed by atoms with Crippen LogP contribution in [0, 0.1) is 6.92 Å². The molecule has 3 aromatic heterocycles. The molecule has 0 saturated carbocycles. The molecule has 1 atom stereocenters. The number of hydrogen-bond acceptors (Lipinski definition) is 5. The summed E-state index contributed by atoms with van der Waals surface area (Å²) in [6.45, 7) is 2.24. The van der Waals surface area contributed by atoms with E-state index in [-0.39, 0.29) is 11.9 Å². The SMILES string of the molecule is Cc1ccc(C=C2C(=O)Nc3ccc(-c4cncc(OC[C@H](N)Cc5c[nH]c6ccccc56)c4)cc32)o1. The van der Waals surface area contributed by atoms with Gasteiger partial charge in [-0.25, -0.2) is 0 Å². The predicted octanol–water partition coefficient (Wildman–Crippen LogP) is 5.57. The number of aromatic amines is 1. The van der Waals surface area contributed by atoms with Gasteiger partial charge in [-0.2, -0.15) is 0 Å². The van der Waals surface area contributed by atoms with Crippen molar-refractivity contribution < 1.29 is 13.9 Å². The van der Waals surface area contributed by atoms with Gasteiger partial charge in [-0.05, 0) is 66.9 Å². The molecule has 5 aromatic rings. The molecule has 0 aliphatic carbocycles. The Morgan fingerprint density at radius 2 is 1.97 bits per heavy atom. The number of nitrogens with zero attached hydrogens (tertiary/aromatic N) is 1. The fourth-order valence-electron chi connectivity index (χ4n) is 4.68. The summed E-state index contributed by atoms with van der Waals surface area (Å²) < 4.78 is 11.7. The highest BCUT2D eigenvalue weighted by molar-refractivity contribution is 6.35. The van der Waals surface area contributed by atoms with Crippen molar-refractivity contribution in [3.8, 4) is 16.9 Å². The Bertz CT molecular complexity index is 1650. The lowest BCUT2D eigenvalue weighted by Crippen LogP contribution is -2.30. The summed E-state index contributed by atoms with van der Waals surface area (Å²) in [5.74, 6) is 1.93. The van der Waals surface area contributed by atoms with Crippen LogP contribution in [0.25, 0.3) is 33.7 Å². The highest BCUT2D eigenvalue weighted by Crippen LogP contribution is 2.37. The Hall–Kier alpha value is -4.62. The largest absolute Gasteiger partial charge is 0.490 e. The second-order valence-electron chi connectivity index (χ2n) is 9.26. The van der Waals surface area contributed by atoms with Crippen molar-refractivity contribution in [2.24, 2.45) is 5.73 Å². The zero-order chi connectivity index (χ0) is 25.4. The number of H-pyrrole nitrogens is 1. The molecular weight excluding hydrogens is 464 g/mol.